The van der Waals surface area contributed by atoms with Crippen LogP contribution in [-0.4, -0.2) is 37.9 Å². The van der Waals surface area contributed by atoms with E-state index in [1.807, 2.05) is 48.5 Å². The summed E-state index contributed by atoms with van der Waals surface area (Å²) in [7, 11) is 1.59. The van der Waals surface area contributed by atoms with Gasteiger partial charge in [-0.25, -0.2) is 4.79 Å². The third-order valence-electron chi connectivity index (χ3n) is 4.95. The van der Waals surface area contributed by atoms with Gasteiger partial charge in [0.1, 0.15) is 5.75 Å². The van der Waals surface area contributed by atoms with E-state index in [4.69, 9.17) is 9.84 Å². The van der Waals surface area contributed by atoms with Crippen molar-refractivity contribution >= 4 is 23.1 Å². The van der Waals surface area contributed by atoms with Crippen molar-refractivity contribution in [1.29, 1.82) is 0 Å². The van der Waals surface area contributed by atoms with Crippen LogP contribution in [0, 0.1) is 0 Å². The number of urea groups is 1. The minimum Gasteiger partial charge on any atom is -0.497 e. The Hall–Kier alpha value is -4.79. The molecule has 162 valence electrons. The Bertz CT molecular complexity index is 1420. The molecule has 9 heteroatoms. The molecule has 2 aromatic carbocycles. The predicted octanol–water partition coefficient (Wildman–Crippen LogP) is 4.51. The van der Waals surface area contributed by atoms with Crippen molar-refractivity contribution in [2.75, 3.05) is 17.7 Å². The molecule has 3 aromatic heterocycles. The lowest BCUT2D eigenvalue weighted by Gasteiger charge is -2.10. The number of hydrogen-bond acceptors (Lipinski definition) is 6. The molecule has 2 N–H and O–H groups in total. The van der Waals surface area contributed by atoms with Gasteiger partial charge in [0.25, 0.3) is 0 Å². The molecular weight excluding hydrogens is 418 g/mol. The SMILES string of the molecule is COc1ccc(NC(=O)Nc2cccc(-c3ccc4nnc(-c5cccnc5)n4n3)c2)cc1. The quantitative estimate of drug-likeness (QED) is 0.419. The Morgan fingerprint density at radius 1 is 0.879 bits per heavy atom. The first kappa shape index (κ1) is 20.1. The number of carbonyl (C=O) groups excluding carboxylic acids is 1. The number of carbonyl (C=O) groups is 1. The Labute approximate surface area is 189 Å². The molecule has 33 heavy (non-hydrogen) atoms. The van der Waals surface area contributed by atoms with E-state index >= 15 is 0 Å². The lowest BCUT2D eigenvalue weighted by molar-refractivity contribution is 0.262. The molecule has 2 amide bonds. The van der Waals surface area contributed by atoms with E-state index < -0.39 is 0 Å². The van der Waals surface area contributed by atoms with Crippen molar-refractivity contribution in [3.05, 3.63) is 85.2 Å². The summed E-state index contributed by atoms with van der Waals surface area (Å²) < 4.78 is 6.82. The van der Waals surface area contributed by atoms with Crippen LogP contribution in [0.25, 0.3) is 28.3 Å². The fourth-order valence-corrected chi connectivity index (χ4v) is 3.34. The molecule has 5 aromatic rings. The second-order valence-corrected chi connectivity index (χ2v) is 7.14. The molecule has 3 heterocycles. The zero-order valence-electron chi connectivity index (χ0n) is 17.6. The molecule has 0 aliphatic carbocycles. The van der Waals surface area contributed by atoms with Gasteiger partial charge in [-0.2, -0.15) is 9.61 Å². The van der Waals surface area contributed by atoms with Gasteiger partial charge in [-0.15, -0.1) is 10.2 Å². The van der Waals surface area contributed by atoms with Gasteiger partial charge in [0.2, 0.25) is 0 Å². The van der Waals surface area contributed by atoms with Crippen molar-refractivity contribution < 1.29 is 9.53 Å². The van der Waals surface area contributed by atoms with Crippen LogP contribution in [0.4, 0.5) is 16.2 Å². The number of rotatable bonds is 5. The molecule has 0 bridgehead atoms. The summed E-state index contributed by atoms with van der Waals surface area (Å²) in [6, 6.07) is 21.7. The van der Waals surface area contributed by atoms with Crippen LogP contribution in [0.5, 0.6) is 5.75 Å². The van der Waals surface area contributed by atoms with Gasteiger partial charge in [0.15, 0.2) is 11.5 Å². The number of anilines is 2. The van der Waals surface area contributed by atoms with E-state index in [0.717, 1.165) is 16.9 Å². The smallest absolute Gasteiger partial charge is 0.323 e. The summed E-state index contributed by atoms with van der Waals surface area (Å²) in [5, 5.41) is 18.8. The topological polar surface area (TPSA) is 106 Å². The molecule has 0 aliphatic rings. The van der Waals surface area contributed by atoms with Crippen molar-refractivity contribution in [2.24, 2.45) is 0 Å². The van der Waals surface area contributed by atoms with Gasteiger partial charge in [-0.1, -0.05) is 12.1 Å². The van der Waals surface area contributed by atoms with Crippen molar-refractivity contribution in [2.45, 2.75) is 0 Å². The zero-order chi connectivity index (χ0) is 22.6. The minimum atomic E-state index is -0.349. The number of hydrogen-bond donors (Lipinski definition) is 2. The highest BCUT2D eigenvalue weighted by Gasteiger charge is 2.11. The number of ether oxygens (including phenoxy) is 1. The van der Waals surface area contributed by atoms with Gasteiger partial charge >= 0.3 is 6.03 Å². The highest BCUT2D eigenvalue weighted by molar-refractivity contribution is 6.00. The molecule has 9 nitrogen and oxygen atoms in total. The van der Waals surface area contributed by atoms with Gasteiger partial charge in [0.05, 0.1) is 12.8 Å². The standard InChI is InChI=1S/C24H19N7O2/c1-33-20-9-7-18(8-10-20)26-24(32)27-19-6-2-4-16(14-19)21-11-12-22-28-29-23(31(22)30-21)17-5-3-13-25-15-17/h2-15H,1H3,(H2,26,27,32). The molecule has 0 aliphatic heterocycles. The molecule has 0 fully saturated rings. The van der Waals surface area contributed by atoms with Crippen LogP contribution in [0.2, 0.25) is 0 Å². The van der Waals surface area contributed by atoms with Crippen LogP contribution in [0.15, 0.2) is 85.2 Å². The normalized spacial score (nSPS) is 10.7. The van der Waals surface area contributed by atoms with Gasteiger partial charge in [0, 0.05) is 34.9 Å². The lowest BCUT2D eigenvalue weighted by Crippen LogP contribution is -2.19. The average Bonchev–Trinajstić information content (AvgIpc) is 3.28. The second kappa shape index (κ2) is 8.75. The van der Waals surface area contributed by atoms with Gasteiger partial charge in [-0.3, -0.25) is 4.98 Å². The Balaban J connectivity index is 1.37. The molecule has 0 atom stereocenters. The first-order chi connectivity index (χ1) is 16.2. The van der Waals surface area contributed by atoms with Crippen LogP contribution in [-0.2, 0) is 0 Å². The van der Waals surface area contributed by atoms with Crippen LogP contribution in [0.3, 0.4) is 0 Å². The monoisotopic (exact) mass is 437 g/mol. The van der Waals surface area contributed by atoms with E-state index in [1.165, 1.54) is 0 Å². The Morgan fingerprint density at radius 3 is 2.48 bits per heavy atom. The molecule has 0 radical (unpaired) electrons. The molecule has 0 unspecified atom stereocenters. The van der Waals surface area contributed by atoms with E-state index in [9.17, 15) is 4.79 Å². The third kappa shape index (κ3) is 4.33. The molecular formula is C24H19N7O2. The number of nitrogens with zero attached hydrogens (tertiary/aromatic N) is 5. The molecule has 0 spiro atoms. The number of pyridine rings is 1. The summed E-state index contributed by atoms with van der Waals surface area (Å²) >= 11 is 0. The lowest BCUT2D eigenvalue weighted by atomic mass is 10.1. The number of benzene rings is 2. The maximum Gasteiger partial charge on any atom is 0.323 e. The van der Waals surface area contributed by atoms with Crippen LogP contribution < -0.4 is 15.4 Å². The number of amides is 2. The van der Waals surface area contributed by atoms with Gasteiger partial charge < -0.3 is 15.4 Å². The summed E-state index contributed by atoms with van der Waals surface area (Å²) in [6.45, 7) is 0. The van der Waals surface area contributed by atoms with E-state index in [1.54, 1.807) is 48.3 Å². The first-order valence-electron chi connectivity index (χ1n) is 10.1. The van der Waals surface area contributed by atoms with Crippen molar-refractivity contribution in [1.82, 2.24) is 24.8 Å². The summed E-state index contributed by atoms with van der Waals surface area (Å²) in [5.74, 6) is 1.33. The predicted molar refractivity (Wildman–Crippen MR) is 125 cm³/mol. The Morgan fingerprint density at radius 2 is 1.70 bits per heavy atom. The summed E-state index contributed by atoms with van der Waals surface area (Å²) in [5.41, 5.74) is 4.30. The number of methoxy groups -OCH3 is 1. The average molecular weight is 437 g/mol. The summed E-state index contributed by atoms with van der Waals surface area (Å²) in [4.78, 5) is 16.6. The van der Waals surface area contributed by atoms with Crippen molar-refractivity contribution in [3.8, 4) is 28.4 Å². The zero-order valence-corrected chi connectivity index (χ0v) is 17.6. The second-order valence-electron chi connectivity index (χ2n) is 7.14. The van der Waals surface area contributed by atoms with E-state index in [-0.39, 0.29) is 6.03 Å². The number of nitrogens with one attached hydrogen (secondary N) is 2. The van der Waals surface area contributed by atoms with Crippen molar-refractivity contribution in [3.63, 3.8) is 0 Å². The number of fused-ring (bicyclic) bond motifs is 1. The number of aromatic nitrogens is 5. The third-order valence-corrected chi connectivity index (χ3v) is 4.95. The highest BCUT2D eigenvalue weighted by Crippen LogP contribution is 2.23. The van der Waals surface area contributed by atoms with Crippen LogP contribution in [0.1, 0.15) is 0 Å². The molecule has 0 saturated carbocycles. The van der Waals surface area contributed by atoms with E-state index in [2.05, 4.69) is 25.8 Å². The highest BCUT2D eigenvalue weighted by atomic mass is 16.5. The maximum atomic E-state index is 12.4. The fraction of sp³-hybridized carbons (Fsp3) is 0.0417. The Kier molecular flexibility index (Phi) is 5.34. The molecule has 0 saturated heterocycles. The minimum absolute atomic E-state index is 0.349. The van der Waals surface area contributed by atoms with Crippen LogP contribution >= 0.6 is 0 Å². The van der Waals surface area contributed by atoms with Gasteiger partial charge in [-0.05, 0) is 60.7 Å². The first-order valence-corrected chi connectivity index (χ1v) is 10.1. The maximum absolute atomic E-state index is 12.4. The summed E-state index contributed by atoms with van der Waals surface area (Å²) in [6.07, 6.45) is 3.42. The molecule has 5 rings (SSSR count). The fourth-order valence-electron chi connectivity index (χ4n) is 3.34. The largest absolute Gasteiger partial charge is 0.497 e. The van der Waals surface area contributed by atoms with E-state index in [0.29, 0.717) is 28.5 Å².